The van der Waals surface area contributed by atoms with Crippen molar-refractivity contribution < 1.29 is 13.9 Å². The number of pyridine rings is 1. The quantitative estimate of drug-likeness (QED) is 0.789. The van der Waals surface area contributed by atoms with E-state index in [2.05, 4.69) is 26.0 Å². The Kier molecular flexibility index (Phi) is 4.39. The van der Waals surface area contributed by atoms with Crippen molar-refractivity contribution in [1.82, 2.24) is 14.8 Å². The fourth-order valence-corrected chi connectivity index (χ4v) is 2.08. The predicted octanol–water partition coefficient (Wildman–Crippen LogP) is 2.06. The van der Waals surface area contributed by atoms with Gasteiger partial charge in [0, 0.05) is 13.3 Å². The number of halogens is 2. The van der Waals surface area contributed by atoms with Crippen molar-refractivity contribution >= 4 is 21.7 Å². The van der Waals surface area contributed by atoms with Gasteiger partial charge in [-0.3, -0.25) is 9.48 Å². The number of methoxy groups -OCH3 is 1. The first-order valence-electron chi connectivity index (χ1n) is 5.50. The number of rotatable bonds is 5. The molecule has 2 heterocycles. The topological polar surface area (TPSA) is 57.0 Å². The molecule has 5 nitrogen and oxygen atoms in total. The molecule has 0 spiro atoms. The minimum Gasteiger partial charge on any atom is -0.383 e. The van der Waals surface area contributed by atoms with Crippen LogP contribution in [0.4, 0.5) is 4.39 Å². The summed E-state index contributed by atoms with van der Waals surface area (Å²) < 4.78 is 20.5. The van der Waals surface area contributed by atoms with E-state index in [9.17, 15) is 9.18 Å². The lowest BCUT2D eigenvalue weighted by Crippen LogP contribution is -2.16. The van der Waals surface area contributed by atoms with Gasteiger partial charge in [-0.25, -0.2) is 9.37 Å². The maximum Gasteiger partial charge on any atom is 0.233 e. The second-order valence-electron chi connectivity index (χ2n) is 3.72. The normalized spacial score (nSPS) is 10.7. The standard InChI is InChI=1S/C12H11BrFN3O2/c1-19-6-5-17-11(8(13)7-16-17)12(18)10-9(14)3-2-4-15-10/h2-4,7H,5-6H2,1H3. The average Bonchev–Trinajstić information content (AvgIpc) is 2.77. The highest BCUT2D eigenvalue weighted by Gasteiger charge is 2.22. The van der Waals surface area contributed by atoms with Crippen LogP contribution < -0.4 is 0 Å². The van der Waals surface area contributed by atoms with Crippen molar-refractivity contribution in [1.29, 1.82) is 0 Å². The monoisotopic (exact) mass is 327 g/mol. The summed E-state index contributed by atoms with van der Waals surface area (Å²) >= 11 is 3.24. The second-order valence-corrected chi connectivity index (χ2v) is 4.57. The number of nitrogens with zero attached hydrogens (tertiary/aromatic N) is 3. The molecular weight excluding hydrogens is 317 g/mol. The third-order valence-corrected chi connectivity index (χ3v) is 3.07. The molecule has 19 heavy (non-hydrogen) atoms. The molecule has 0 N–H and O–H groups in total. The second kappa shape index (κ2) is 6.03. The van der Waals surface area contributed by atoms with Crippen molar-refractivity contribution in [3.05, 3.63) is 46.2 Å². The zero-order valence-electron chi connectivity index (χ0n) is 10.1. The van der Waals surface area contributed by atoms with Gasteiger partial charge in [0.15, 0.2) is 5.82 Å². The summed E-state index contributed by atoms with van der Waals surface area (Å²) in [6.07, 6.45) is 2.86. The van der Waals surface area contributed by atoms with Crippen LogP contribution in [-0.4, -0.2) is 34.3 Å². The highest BCUT2D eigenvalue weighted by molar-refractivity contribution is 9.10. The molecule has 0 fully saturated rings. The van der Waals surface area contributed by atoms with Crippen molar-refractivity contribution in [3.63, 3.8) is 0 Å². The molecule has 0 radical (unpaired) electrons. The Hall–Kier alpha value is -1.60. The largest absolute Gasteiger partial charge is 0.383 e. The van der Waals surface area contributed by atoms with Gasteiger partial charge in [0.25, 0.3) is 0 Å². The van der Waals surface area contributed by atoms with Crippen molar-refractivity contribution in [3.8, 4) is 0 Å². The highest BCUT2D eigenvalue weighted by atomic mass is 79.9. The number of carbonyl (C=O) groups is 1. The lowest BCUT2D eigenvalue weighted by atomic mass is 10.2. The van der Waals surface area contributed by atoms with Gasteiger partial charge in [0.05, 0.1) is 23.8 Å². The Balaban J connectivity index is 2.39. The third-order valence-electron chi connectivity index (χ3n) is 2.49. The molecule has 0 atom stereocenters. The molecule has 2 rings (SSSR count). The van der Waals surface area contributed by atoms with E-state index < -0.39 is 11.6 Å². The summed E-state index contributed by atoms with van der Waals surface area (Å²) in [6, 6.07) is 2.63. The zero-order valence-corrected chi connectivity index (χ0v) is 11.7. The minimum absolute atomic E-state index is 0.220. The van der Waals surface area contributed by atoms with E-state index in [0.717, 1.165) is 0 Å². The molecular formula is C12H11BrFN3O2. The number of ether oxygens (including phenoxy) is 1. The number of hydrogen-bond donors (Lipinski definition) is 0. The highest BCUT2D eigenvalue weighted by Crippen LogP contribution is 2.20. The fourth-order valence-electron chi connectivity index (χ4n) is 1.60. The predicted molar refractivity (Wildman–Crippen MR) is 69.4 cm³/mol. The third kappa shape index (κ3) is 2.87. The van der Waals surface area contributed by atoms with Gasteiger partial charge in [-0.15, -0.1) is 0 Å². The van der Waals surface area contributed by atoms with Gasteiger partial charge in [-0.1, -0.05) is 0 Å². The molecule has 0 aromatic carbocycles. The van der Waals surface area contributed by atoms with E-state index in [1.165, 1.54) is 29.2 Å². The molecule has 7 heteroatoms. The Morgan fingerprint density at radius 3 is 3.05 bits per heavy atom. The van der Waals surface area contributed by atoms with Crippen LogP contribution in [0.2, 0.25) is 0 Å². The average molecular weight is 328 g/mol. The first-order valence-corrected chi connectivity index (χ1v) is 6.30. The van der Waals surface area contributed by atoms with Crippen LogP contribution in [0.15, 0.2) is 29.0 Å². The lowest BCUT2D eigenvalue weighted by molar-refractivity contribution is 0.101. The Bertz CT molecular complexity index is 600. The first kappa shape index (κ1) is 13.8. The lowest BCUT2D eigenvalue weighted by Gasteiger charge is -2.06. The van der Waals surface area contributed by atoms with E-state index in [0.29, 0.717) is 17.6 Å². The molecule has 0 aliphatic rings. The molecule has 100 valence electrons. The maximum atomic E-state index is 13.6. The van der Waals surface area contributed by atoms with E-state index in [1.807, 2.05) is 0 Å². The van der Waals surface area contributed by atoms with Crippen LogP contribution >= 0.6 is 15.9 Å². The van der Waals surface area contributed by atoms with Gasteiger partial charge >= 0.3 is 0 Å². The molecule has 0 aliphatic carbocycles. The van der Waals surface area contributed by atoms with Crippen molar-refractivity contribution in [2.45, 2.75) is 6.54 Å². The van der Waals surface area contributed by atoms with E-state index >= 15 is 0 Å². The van der Waals surface area contributed by atoms with Gasteiger partial charge in [0.1, 0.15) is 11.4 Å². The van der Waals surface area contributed by atoms with E-state index in [4.69, 9.17) is 4.74 Å². The Labute approximate surface area is 117 Å². The van der Waals surface area contributed by atoms with Crippen LogP contribution in [-0.2, 0) is 11.3 Å². The zero-order chi connectivity index (χ0) is 13.8. The van der Waals surface area contributed by atoms with E-state index in [-0.39, 0.29) is 11.4 Å². The minimum atomic E-state index is -0.654. The molecule has 0 amide bonds. The number of hydrogen-bond acceptors (Lipinski definition) is 4. The molecule has 0 saturated heterocycles. The van der Waals surface area contributed by atoms with Gasteiger partial charge < -0.3 is 4.74 Å². The molecule has 0 bridgehead atoms. The van der Waals surface area contributed by atoms with Crippen LogP contribution in [0, 0.1) is 5.82 Å². The Morgan fingerprint density at radius 1 is 1.58 bits per heavy atom. The smallest absolute Gasteiger partial charge is 0.233 e. The molecule has 0 aliphatic heterocycles. The summed E-state index contributed by atoms with van der Waals surface area (Å²) in [6.45, 7) is 0.802. The van der Waals surface area contributed by atoms with Crippen molar-refractivity contribution in [2.24, 2.45) is 0 Å². The van der Waals surface area contributed by atoms with Gasteiger partial charge in [0.2, 0.25) is 5.78 Å². The Morgan fingerprint density at radius 2 is 2.37 bits per heavy atom. The first-order chi connectivity index (χ1) is 9.15. The molecule has 0 unspecified atom stereocenters. The fraction of sp³-hybridized carbons (Fsp3) is 0.250. The van der Waals surface area contributed by atoms with E-state index in [1.54, 1.807) is 7.11 Å². The molecule has 2 aromatic rings. The summed E-state index contributed by atoms with van der Waals surface area (Å²) in [5.41, 5.74) is 0.0389. The van der Waals surface area contributed by atoms with Crippen LogP contribution in [0.1, 0.15) is 16.2 Å². The molecule has 0 saturated carbocycles. The number of ketones is 1. The van der Waals surface area contributed by atoms with Gasteiger partial charge in [-0.05, 0) is 28.1 Å². The summed E-state index contributed by atoms with van der Waals surface area (Å²) in [5.74, 6) is -1.17. The number of aromatic nitrogens is 3. The SMILES string of the molecule is COCCn1ncc(Br)c1C(=O)c1ncccc1F. The van der Waals surface area contributed by atoms with Crippen molar-refractivity contribution in [2.75, 3.05) is 13.7 Å². The summed E-state index contributed by atoms with van der Waals surface area (Å²) in [7, 11) is 1.55. The summed E-state index contributed by atoms with van der Waals surface area (Å²) in [5, 5.41) is 4.05. The number of carbonyl (C=O) groups excluding carboxylic acids is 1. The van der Waals surface area contributed by atoms with Gasteiger partial charge in [-0.2, -0.15) is 5.10 Å². The van der Waals surface area contributed by atoms with Crippen LogP contribution in [0.25, 0.3) is 0 Å². The summed E-state index contributed by atoms with van der Waals surface area (Å²) in [4.78, 5) is 16.1. The maximum absolute atomic E-state index is 13.6. The molecule has 2 aromatic heterocycles. The van der Waals surface area contributed by atoms with Crippen LogP contribution in [0.5, 0.6) is 0 Å². The van der Waals surface area contributed by atoms with Crippen LogP contribution in [0.3, 0.4) is 0 Å².